The lowest BCUT2D eigenvalue weighted by molar-refractivity contribution is -0.313. The van der Waals surface area contributed by atoms with Crippen LogP contribution in [0, 0.1) is 0 Å². The van der Waals surface area contributed by atoms with E-state index in [1.165, 1.54) is 13.2 Å². The molecule has 17 heteroatoms. The van der Waals surface area contributed by atoms with Gasteiger partial charge in [0.05, 0.1) is 43.1 Å². The molecule has 0 bridgehead atoms. The summed E-state index contributed by atoms with van der Waals surface area (Å²) in [4.78, 5) is 51.5. The Labute approximate surface area is 280 Å². The van der Waals surface area contributed by atoms with Crippen LogP contribution in [-0.2, 0) is 30.1 Å². The summed E-state index contributed by atoms with van der Waals surface area (Å²) in [6.07, 6.45) is -7.15. The first-order chi connectivity index (χ1) is 23.8. The number of Topliss-reactive ketones (excluding diaryl/α,β-unsaturated/α-hetero) is 1. The van der Waals surface area contributed by atoms with Gasteiger partial charge in [-0.25, -0.2) is 9.59 Å². The highest BCUT2D eigenvalue weighted by atomic mass is 16.8. The number of fused-ring (bicyclic) bond motifs is 4. The monoisotopic (exact) mass is 698 g/mol. The summed E-state index contributed by atoms with van der Waals surface area (Å²) in [6, 6.07) is 2.52. The van der Waals surface area contributed by atoms with Crippen LogP contribution in [0.4, 0.5) is 0 Å². The van der Waals surface area contributed by atoms with Gasteiger partial charge in [-0.2, -0.15) is 0 Å². The predicted molar refractivity (Wildman–Crippen MR) is 162 cm³/mol. The van der Waals surface area contributed by atoms with E-state index in [2.05, 4.69) is 4.74 Å². The lowest BCUT2D eigenvalue weighted by Gasteiger charge is -2.44. The molecule has 1 saturated heterocycles. The van der Waals surface area contributed by atoms with E-state index in [1.807, 2.05) is 0 Å². The maximum absolute atomic E-state index is 13.2. The fourth-order valence-electron chi connectivity index (χ4n) is 6.86. The summed E-state index contributed by atoms with van der Waals surface area (Å²) in [5.74, 6) is -9.75. The molecule has 1 aliphatic carbocycles. The number of ether oxygens (including phenoxy) is 7. The van der Waals surface area contributed by atoms with Gasteiger partial charge in [0.15, 0.2) is 46.9 Å². The second kappa shape index (κ2) is 11.7. The van der Waals surface area contributed by atoms with Gasteiger partial charge in [-0.05, 0) is 24.4 Å². The number of benzene rings is 2. The van der Waals surface area contributed by atoms with Crippen molar-refractivity contribution in [3.63, 3.8) is 0 Å². The second-order valence-corrected chi connectivity index (χ2v) is 12.1. The number of aromatic hydroxyl groups is 3. The van der Waals surface area contributed by atoms with Crippen LogP contribution >= 0.6 is 0 Å². The molecule has 1 aromatic heterocycles. The molecule has 3 aliphatic heterocycles. The summed E-state index contributed by atoms with van der Waals surface area (Å²) in [5, 5.41) is 56.5. The summed E-state index contributed by atoms with van der Waals surface area (Å²) in [5.41, 5.74) is -2.68. The van der Waals surface area contributed by atoms with E-state index in [0.717, 1.165) is 26.4 Å². The summed E-state index contributed by atoms with van der Waals surface area (Å²) >= 11 is 0. The molecule has 264 valence electrons. The maximum atomic E-state index is 13.2. The van der Waals surface area contributed by atoms with Crippen LogP contribution in [0.25, 0.3) is 10.8 Å². The minimum absolute atomic E-state index is 0.0447. The summed E-state index contributed by atoms with van der Waals surface area (Å²) in [6.45, 7) is 1.55. The van der Waals surface area contributed by atoms with Gasteiger partial charge in [0.1, 0.15) is 23.3 Å². The molecular weight excluding hydrogens is 668 g/mol. The topological polar surface area (TPSA) is 247 Å². The van der Waals surface area contributed by atoms with Gasteiger partial charge in [-0.15, -0.1) is 0 Å². The van der Waals surface area contributed by atoms with Crippen LogP contribution in [0.15, 0.2) is 33.2 Å². The van der Waals surface area contributed by atoms with Gasteiger partial charge in [0, 0.05) is 31.6 Å². The number of aliphatic hydroxyl groups is 2. The highest BCUT2D eigenvalue weighted by Crippen LogP contribution is 2.61. The van der Waals surface area contributed by atoms with Crippen molar-refractivity contribution in [2.24, 2.45) is 0 Å². The highest BCUT2D eigenvalue weighted by molar-refractivity contribution is 6.26. The Hall–Kier alpha value is -5.20. The molecule has 1 spiro atoms. The van der Waals surface area contributed by atoms with Gasteiger partial charge < -0.3 is 63.1 Å². The van der Waals surface area contributed by atoms with Crippen molar-refractivity contribution in [3.05, 3.63) is 62.4 Å². The van der Waals surface area contributed by atoms with Crippen LogP contribution in [0.1, 0.15) is 61.8 Å². The number of ketones is 2. The zero-order valence-electron chi connectivity index (χ0n) is 26.7. The van der Waals surface area contributed by atoms with Gasteiger partial charge in [-0.3, -0.25) is 9.59 Å². The number of aliphatic hydroxyl groups excluding tert-OH is 2. The lowest BCUT2D eigenvalue weighted by atomic mass is 9.85. The Balaban J connectivity index is 1.41. The third kappa shape index (κ3) is 4.65. The minimum Gasteiger partial charge on any atom is -0.507 e. The third-order valence-electron chi connectivity index (χ3n) is 9.33. The first-order valence-electron chi connectivity index (χ1n) is 15.2. The molecule has 4 aliphatic rings. The number of allylic oxidation sites excluding steroid dienone is 2. The molecule has 5 N–H and O–H groups in total. The van der Waals surface area contributed by atoms with Crippen molar-refractivity contribution >= 4 is 28.3 Å². The van der Waals surface area contributed by atoms with Crippen LogP contribution < -0.4 is 15.1 Å². The molecule has 7 atom stereocenters. The molecule has 0 amide bonds. The normalized spacial score (nSPS) is 28.3. The minimum atomic E-state index is -2.50. The molecule has 17 nitrogen and oxygen atoms in total. The Bertz CT molecular complexity index is 2080. The van der Waals surface area contributed by atoms with Crippen molar-refractivity contribution in [1.29, 1.82) is 0 Å². The molecule has 2 aromatic carbocycles. The quantitative estimate of drug-likeness (QED) is 0.186. The number of carbonyl (C=O) groups is 3. The Morgan fingerprint density at radius 3 is 2.36 bits per heavy atom. The van der Waals surface area contributed by atoms with E-state index in [-0.39, 0.29) is 23.8 Å². The largest absolute Gasteiger partial charge is 0.507 e. The maximum Gasteiger partial charge on any atom is 0.374 e. The van der Waals surface area contributed by atoms with Crippen molar-refractivity contribution in [2.75, 3.05) is 21.3 Å². The van der Waals surface area contributed by atoms with Gasteiger partial charge in [0.2, 0.25) is 11.5 Å². The zero-order valence-corrected chi connectivity index (χ0v) is 26.7. The number of phenols is 3. The fraction of sp³-hybridized carbons (Fsp3) is 0.394. The number of rotatable bonds is 5. The molecule has 0 saturated carbocycles. The average molecular weight is 699 g/mol. The first kappa shape index (κ1) is 33.3. The number of carbonyl (C=O) groups excluding carboxylic acids is 3. The van der Waals surface area contributed by atoms with Crippen molar-refractivity contribution < 1.29 is 77.5 Å². The fourth-order valence-corrected chi connectivity index (χ4v) is 6.86. The standard InChI is InChI=1S/C33H30O17/c1-10-23(36)15(44-3)9-18(46-10)48-30-22-25(38)20-13(34)8-14(43-2)24(37)21(20)27(40)29(22)50-33(30)17(35)7-12-5-11-6-16(31(41)45-4)47-32(42)19(11)26(39)28(12)49-33/h5-6,8,10,15,17-18,23,30,35-36,38-40H,7,9H2,1-4H3/t10-,15+,17-,18-,23-,30-,33-/m1/s1. The number of hydrogen-bond acceptors (Lipinski definition) is 17. The number of hydrogen-bond donors (Lipinski definition) is 5. The van der Waals surface area contributed by atoms with Crippen molar-refractivity contribution in [1.82, 2.24) is 0 Å². The van der Waals surface area contributed by atoms with Crippen LogP contribution in [-0.4, -0.2) is 101 Å². The van der Waals surface area contributed by atoms with Gasteiger partial charge >= 0.3 is 17.4 Å². The highest BCUT2D eigenvalue weighted by Gasteiger charge is 2.63. The van der Waals surface area contributed by atoms with Crippen molar-refractivity contribution in [2.45, 2.75) is 62.4 Å². The molecule has 3 aromatic rings. The Morgan fingerprint density at radius 2 is 1.68 bits per heavy atom. The van der Waals surface area contributed by atoms with Crippen LogP contribution in [0.2, 0.25) is 0 Å². The van der Waals surface area contributed by atoms with E-state index in [9.17, 15) is 44.7 Å². The summed E-state index contributed by atoms with van der Waals surface area (Å²) in [7, 11) is 3.58. The van der Waals surface area contributed by atoms with Crippen LogP contribution in [0.3, 0.4) is 0 Å². The van der Waals surface area contributed by atoms with E-state index in [4.69, 9.17) is 32.8 Å². The smallest absolute Gasteiger partial charge is 0.374 e. The van der Waals surface area contributed by atoms with Crippen molar-refractivity contribution in [3.8, 4) is 28.7 Å². The average Bonchev–Trinajstić information content (AvgIpc) is 3.40. The second-order valence-electron chi connectivity index (χ2n) is 12.1. The number of phenolic OH excluding ortho intramolecular Hbond substituents is 3. The molecule has 7 rings (SSSR count). The number of esters is 1. The van der Waals surface area contributed by atoms with Gasteiger partial charge in [-0.1, -0.05) is 0 Å². The SMILES string of the molecule is COC(=O)c1cc2cc3c(c(O)c2c(=O)o1)O[C@@]1(Oc2c(O)c4c(c(O)c2[C@H]1O[C@@H]1C[C@H](OC)[C@H](O)[C@@H](C)O1)C(=O)C=C(OC)C4=O)[C@H](O)C3. The van der Waals surface area contributed by atoms with E-state index >= 15 is 0 Å². The number of methoxy groups -OCH3 is 3. The molecular formula is C33H30O17. The molecule has 0 unspecified atom stereocenters. The molecule has 0 radical (unpaired) electrons. The third-order valence-corrected chi connectivity index (χ3v) is 9.33. The van der Waals surface area contributed by atoms with E-state index in [1.54, 1.807) is 6.92 Å². The lowest BCUT2D eigenvalue weighted by Crippen LogP contribution is -2.59. The Kier molecular flexibility index (Phi) is 7.80. The summed E-state index contributed by atoms with van der Waals surface area (Å²) < 4.78 is 44.5. The molecule has 1 fully saturated rings. The zero-order chi connectivity index (χ0) is 36.0. The van der Waals surface area contributed by atoms with Crippen LogP contribution in [0.5, 0.6) is 28.7 Å². The predicted octanol–water partition coefficient (Wildman–Crippen LogP) is 1.26. The Morgan fingerprint density at radius 1 is 0.960 bits per heavy atom. The van der Waals surface area contributed by atoms with Gasteiger partial charge in [0.25, 0.3) is 0 Å². The first-order valence-corrected chi connectivity index (χ1v) is 15.2. The van der Waals surface area contributed by atoms with E-state index in [0.29, 0.717) is 0 Å². The molecule has 50 heavy (non-hydrogen) atoms. The molecule has 4 heterocycles. The van der Waals surface area contributed by atoms with E-state index < -0.39 is 128 Å².